The Labute approximate surface area is 168 Å². The quantitative estimate of drug-likeness (QED) is 0.625. The molecule has 2 aromatic heterocycles. The van der Waals surface area contributed by atoms with Crippen LogP contribution in [0.2, 0.25) is 0 Å². The van der Waals surface area contributed by atoms with Crippen LogP contribution in [-0.4, -0.2) is 40.7 Å². The molecule has 4 rings (SSSR count). The maximum atomic E-state index is 12.8. The molecule has 7 heteroatoms. The normalized spacial score (nSPS) is 16.9. The Kier molecular flexibility index (Phi) is 5.71. The van der Waals surface area contributed by atoms with E-state index in [2.05, 4.69) is 10.2 Å². The Bertz CT molecular complexity index is 905. The highest BCUT2D eigenvalue weighted by atomic mass is 32.1. The van der Waals surface area contributed by atoms with Gasteiger partial charge in [-0.2, -0.15) is 11.3 Å². The summed E-state index contributed by atoms with van der Waals surface area (Å²) < 4.78 is 11.3. The highest BCUT2D eigenvalue weighted by molar-refractivity contribution is 7.08. The fourth-order valence-corrected chi connectivity index (χ4v) is 4.09. The van der Waals surface area contributed by atoms with Crippen LogP contribution in [-0.2, 0) is 11.2 Å². The van der Waals surface area contributed by atoms with Crippen molar-refractivity contribution in [3.63, 3.8) is 0 Å². The van der Waals surface area contributed by atoms with Crippen molar-refractivity contribution < 1.29 is 13.9 Å². The molecule has 0 saturated carbocycles. The standard InChI is InChI=1S/C21H23N3O3S/c1-2-26-18-7-5-15(6-8-18)12-19(25)24-10-3-4-16(13-24)20-22-23-21(27-20)17-9-11-28-14-17/h5-9,11,14,16H,2-4,10,12-13H2,1H3/t16-/m0/s1. The minimum atomic E-state index is 0.0953. The van der Waals surface area contributed by atoms with Gasteiger partial charge in [0.05, 0.1) is 18.9 Å². The predicted octanol–water partition coefficient (Wildman–Crippen LogP) is 4.15. The number of amides is 1. The summed E-state index contributed by atoms with van der Waals surface area (Å²) >= 11 is 1.60. The van der Waals surface area contributed by atoms with Gasteiger partial charge in [-0.3, -0.25) is 4.79 Å². The molecule has 0 unspecified atom stereocenters. The van der Waals surface area contributed by atoms with Gasteiger partial charge in [-0.05, 0) is 48.9 Å². The van der Waals surface area contributed by atoms with Crippen LogP contribution in [0.15, 0.2) is 45.5 Å². The number of hydrogen-bond donors (Lipinski definition) is 0. The minimum Gasteiger partial charge on any atom is -0.494 e. The lowest BCUT2D eigenvalue weighted by Gasteiger charge is -2.31. The summed E-state index contributed by atoms with van der Waals surface area (Å²) in [6.45, 7) is 3.99. The minimum absolute atomic E-state index is 0.0953. The van der Waals surface area contributed by atoms with Gasteiger partial charge in [0.2, 0.25) is 17.7 Å². The molecule has 3 aromatic rings. The van der Waals surface area contributed by atoms with E-state index in [1.807, 2.05) is 52.9 Å². The number of hydrogen-bond acceptors (Lipinski definition) is 6. The fourth-order valence-electron chi connectivity index (χ4n) is 3.46. The number of piperidine rings is 1. The number of thiophene rings is 1. The predicted molar refractivity (Wildman–Crippen MR) is 107 cm³/mol. The highest BCUT2D eigenvalue weighted by Crippen LogP contribution is 2.29. The second-order valence-electron chi connectivity index (χ2n) is 6.89. The molecule has 1 aliphatic heterocycles. The topological polar surface area (TPSA) is 68.5 Å². The van der Waals surface area contributed by atoms with E-state index in [1.165, 1.54) is 0 Å². The first-order chi connectivity index (χ1) is 13.7. The van der Waals surface area contributed by atoms with E-state index < -0.39 is 0 Å². The SMILES string of the molecule is CCOc1ccc(CC(=O)N2CCC[C@H](c3nnc(-c4ccsc4)o3)C2)cc1. The van der Waals surface area contributed by atoms with Gasteiger partial charge in [0, 0.05) is 24.0 Å². The largest absolute Gasteiger partial charge is 0.494 e. The van der Waals surface area contributed by atoms with Crippen molar-refractivity contribution in [2.75, 3.05) is 19.7 Å². The first-order valence-corrected chi connectivity index (χ1v) is 10.5. The van der Waals surface area contributed by atoms with Crippen molar-refractivity contribution >= 4 is 17.2 Å². The van der Waals surface area contributed by atoms with E-state index in [0.717, 1.165) is 36.3 Å². The third-order valence-electron chi connectivity index (χ3n) is 4.92. The maximum absolute atomic E-state index is 12.8. The van der Waals surface area contributed by atoms with Gasteiger partial charge in [0.25, 0.3) is 0 Å². The third kappa shape index (κ3) is 4.25. The molecular formula is C21H23N3O3S. The number of ether oxygens (including phenoxy) is 1. The Morgan fingerprint density at radius 1 is 1.29 bits per heavy atom. The Balaban J connectivity index is 1.38. The summed E-state index contributed by atoms with van der Waals surface area (Å²) in [5.41, 5.74) is 1.94. The molecule has 0 radical (unpaired) electrons. The number of likely N-dealkylation sites (tertiary alicyclic amines) is 1. The van der Waals surface area contributed by atoms with Crippen LogP contribution in [0.3, 0.4) is 0 Å². The number of carbonyl (C=O) groups excluding carboxylic acids is 1. The molecule has 0 bridgehead atoms. The number of nitrogens with zero attached hydrogens (tertiary/aromatic N) is 3. The number of benzene rings is 1. The van der Waals surface area contributed by atoms with E-state index in [1.54, 1.807) is 11.3 Å². The zero-order chi connectivity index (χ0) is 19.3. The van der Waals surface area contributed by atoms with Crippen LogP contribution in [0.4, 0.5) is 0 Å². The maximum Gasteiger partial charge on any atom is 0.248 e. The number of rotatable bonds is 6. The molecule has 1 atom stereocenters. The molecule has 3 heterocycles. The van der Waals surface area contributed by atoms with Crippen LogP contribution < -0.4 is 4.74 Å². The number of carbonyl (C=O) groups is 1. The molecule has 28 heavy (non-hydrogen) atoms. The van der Waals surface area contributed by atoms with Crippen molar-refractivity contribution in [1.82, 2.24) is 15.1 Å². The van der Waals surface area contributed by atoms with E-state index in [4.69, 9.17) is 9.15 Å². The fraction of sp³-hybridized carbons (Fsp3) is 0.381. The zero-order valence-corrected chi connectivity index (χ0v) is 16.7. The molecule has 6 nitrogen and oxygen atoms in total. The molecule has 1 amide bonds. The van der Waals surface area contributed by atoms with E-state index in [0.29, 0.717) is 31.4 Å². The van der Waals surface area contributed by atoms with Gasteiger partial charge in [0.15, 0.2) is 0 Å². The Hall–Kier alpha value is -2.67. The van der Waals surface area contributed by atoms with Gasteiger partial charge in [-0.25, -0.2) is 0 Å². The van der Waals surface area contributed by atoms with Gasteiger partial charge in [0.1, 0.15) is 5.75 Å². The van der Waals surface area contributed by atoms with E-state index in [-0.39, 0.29) is 11.8 Å². The lowest BCUT2D eigenvalue weighted by atomic mass is 9.97. The summed E-state index contributed by atoms with van der Waals surface area (Å²) in [5, 5.41) is 12.4. The van der Waals surface area contributed by atoms with Crippen LogP contribution in [0.5, 0.6) is 5.75 Å². The van der Waals surface area contributed by atoms with Crippen LogP contribution in [0, 0.1) is 0 Å². The summed E-state index contributed by atoms with van der Waals surface area (Å²) in [4.78, 5) is 14.7. The molecular weight excluding hydrogens is 374 g/mol. The Morgan fingerprint density at radius 2 is 2.14 bits per heavy atom. The molecule has 0 aliphatic carbocycles. The monoisotopic (exact) mass is 397 g/mol. The number of aromatic nitrogens is 2. The van der Waals surface area contributed by atoms with Crippen molar-refractivity contribution in [2.45, 2.75) is 32.1 Å². The molecule has 1 saturated heterocycles. The molecule has 0 N–H and O–H groups in total. The van der Waals surface area contributed by atoms with Gasteiger partial charge >= 0.3 is 0 Å². The van der Waals surface area contributed by atoms with Crippen LogP contribution in [0.25, 0.3) is 11.5 Å². The average molecular weight is 398 g/mol. The van der Waals surface area contributed by atoms with Crippen molar-refractivity contribution in [3.05, 3.63) is 52.5 Å². The molecule has 0 spiro atoms. The summed E-state index contributed by atoms with van der Waals surface area (Å²) in [6.07, 6.45) is 2.29. The summed E-state index contributed by atoms with van der Waals surface area (Å²) in [5.74, 6) is 2.23. The second kappa shape index (κ2) is 8.56. The Morgan fingerprint density at radius 3 is 2.89 bits per heavy atom. The molecule has 1 aromatic carbocycles. The molecule has 146 valence electrons. The van der Waals surface area contributed by atoms with Gasteiger partial charge < -0.3 is 14.1 Å². The first kappa shape index (κ1) is 18.7. The first-order valence-electron chi connectivity index (χ1n) is 9.58. The van der Waals surface area contributed by atoms with Gasteiger partial charge in [-0.15, -0.1) is 10.2 Å². The van der Waals surface area contributed by atoms with E-state index >= 15 is 0 Å². The third-order valence-corrected chi connectivity index (χ3v) is 5.61. The lowest BCUT2D eigenvalue weighted by molar-refractivity contribution is -0.131. The van der Waals surface area contributed by atoms with Crippen molar-refractivity contribution in [3.8, 4) is 17.2 Å². The lowest BCUT2D eigenvalue weighted by Crippen LogP contribution is -2.40. The van der Waals surface area contributed by atoms with Crippen molar-refractivity contribution in [1.29, 1.82) is 0 Å². The molecule has 1 fully saturated rings. The van der Waals surface area contributed by atoms with Crippen molar-refractivity contribution in [2.24, 2.45) is 0 Å². The zero-order valence-electron chi connectivity index (χ0n) is 15.8. The van der Waals surface area contributed by atoms with Crippen LogP contribution >= 0.6 is 11.3 Å². The smallest absolute Gasteiger partial charge is 0.248 e. The second-order valence-corrected chi connectivity index (χ2v) is 7.67. The highest BCUT2D eigenvalue weighted by Gasteiger charge is 2.28. The van der Waals surface area contributed by atoms with Crippen LogP contribution in [0.1, 0.15) is 37.1 Å². The molecule has 1 aliphatic rings. The average Bonchev–Trinajstić information content (AvgIpc) is 3.42. The van der Waals surface area contributed by atoms with E-state index in [9.17, 15) is 4.79 Å². The summed E-state index contributed by atoms with van der Waals surface area (Å²) in [7, 11) is 0. The summed E-state index contributed by atoms with van der Waals surface area (Å²) in [6, 6.07) is 9.70. The van der Waals surface area contributed by atoms with Gasteiger partial charge in [-0.1, -0.05) is 12.1 Å².